The normalized spacial score (nSPS) is 18.4. The first-order valence-electron chi connectivity index (χ1n) is 8.78. The van der Waals surface area contributed by atoms with Crippen molar-refractivity contribution in [2.75, 3.05) is 0 Å². The van der Waals surface area contributed by atoms with Crippen LogP contribution in [0.2, 0.25) is 5.02 Å². The minimum atomic E-state index is -0.778. The van der Waals surface area contributed by atoms with Crippen LogP contribution in [0.1, 0.15) is 22.0 Å². The molecular weight excluding hydrogens is 413 g/mol. The Balaban J connectivity index is 1.86. The Bertz CT molecular complexity index is 1090. The fourth-order valence-electron chi connectivity index (χ4n) is 3.37. The first-order chi connectivity index (χ1) is 14.0. The molecule has 2 aromatic carbocycles. The van der Waals surface area contributed by atoms with Gasteiger partial charge in [-0.2, -0.15) is 0 Å². The predicted molar refractivity (Wildman–Crippen MR) is 110 cm³/mol. The van der Waals surface area contributed by atoms with Gasteiger partial charge in [0.2, 0.25) is 0 Å². The number of thiophene rings is 1. The largest absolute Gasteiger partial charge is 0.507 e. The fourth-order valence-corrected chi connectivity index (χ4v) is 4.20. The number of amides is 1. The molecule has 1 atom stereocenters. The number of halogens is 2. The number of aliphatic hydroxyl groups is 1. The van der Waals surface area contributed by atoms with Gasteiger partial charge in [-0.05, 0) is 53.4 Å². The van der Waals surface area contributed by atoms with Crippen LogP contribution in [-0.4, -0.2) is 21.7 Å². The molecule has 3 aromatic rings. The van der Waals surface area contributed by atoms with Gasteiger partial charge in [0, 0.05) is 15.5 Å². The van der Waals surface area contributed by atoms with Gasteiger partial charge in [0.05, 0.1) is 18.2 Å². The summed E-state index contributed by atoms with van der Waals surface area (Å²) < 4.78 is 13.3. The van der Waals surface area contributed by atoms with Gasteiger partial charge in [-0.25, -0.2) is 4.39 Å². The summed E-state index contributed by atoms with van der Waals surface area (Å²) in [5.41, 5.74) is 0.883. The van der Waals surface area contributed by atoms with Crippen LogP contribution in [-0.2, 0) is 16.1 Å². The van der Waals surface area contributed by atoms with Gasteiger partial charge in [0.25, 0.3) is 11.7 Å². The van der Waals surface area contributed by atoms with E-state index in [1.54, 1.807) is 24.3 Å². The molecule has 1 aliphatic rings. The van der Waals surface area contributed by atoms with Gasteiger partial charge in [0.1, 0.15) is 11.6 Å². The van der Waals surface area contributed by atoms with Crippen LogP contribution in [0.5, 0.6) is 0 Å². The van der Waals surface area contributed by atoms with Crippen molar-refractivity contribution >= 4 is 40.4 Å². The van der Waals surface area contributed by atoms with E-state index in [1.165, 1.54) is 40.5 Å². The van der Waals surface area contributed by atoms with E-state index in [4.69, 9.17) is 11.6 Å². The minimum absolute atomic E-state index is 0.0273. The molecular formula is C22H15ClFNO3S. The van der Waals surface area contributed by atoms with Crippen LogP contribution in [0.25, 0.3) is 5.76 Å². The molecule has 1 amide bonds. The summed E-state index contributed by atoms with van der Waals surface area (Å²) in [5.74, 6) is -2.27. The van der Waals surface area contributed by atoms with E-state index in [9.17, 15) is 19.1 Å². The highest BCUT2D eigenvalue weighted by Gasteiger charge is 2.46. The Morgan fingerprint density at radius 3 is 2.38 bits per heavy atom. The van der Waals surface area contributed by atoms with Crippen molar-refractivity contribution in [3.63, 3.8) is 0 Å². The molecule has 1 aliphatic heterocycles. The van der Waals surface area contributed by atoms with Gasteiger partial charge in [-0.1, -0.05) is 29.8 Å². The maximum absolute atomic E-state index is 13.3. The number of hydrogen-bond acceptors (Lipinski definition) is 4. The second kappa shape index (κ2) is 7.81. The molecule has 0 saturated carbocycles. The van der Waals surface area contributed by atoms with Gasteiger partial charge in [-0.3, -0.25) is 9.59 Å². The molecule has 2 heterocycles. The van der Waals surface area contributed by atoms with Crippen molar-refractivity contribution < 1.29 is 19.1 Å². The molecule has 1 N–H and O–H groups in total. The van der Waals surface area contributed by atoms with E-state index >= 15 is 0 Å². The van der Waals surface area contributed by atoms with Crippen molar-refractivity contribution in [2.45, 2.75) is 12.6 Å². The Labute approximate surface area is 175 Å². The van der Waals surface area contributed by atoms with E-state index in [-0.39, 0.29) is 23.4 Å². The highest BCUT2D eigenvalue weighted by atomic mass is 35.5. The molecule has 29 heavy (non-hydrogen) atoms. The lowest BCUT2D eigenvalue weighted by Gasteiger charge is -2.25. The quantitative estimate of drug-likeness (QED) is 0.355. The van der Waals surface area contributed by atoms with Crippen LogP contribution >= 0.6 is 22.9 Å². The molecule has 0 spiro atoms. The van der Waals surface area contributed by atoms with Crippen molar-refractivity contribution in [1.29, 1.82) is 0 Å². The Morgan fingerprint density at radius 1 is 1.07 bits per heavy atom. The lowest BCUT2D eigenvalue weighted by Crippen LogP contribution is -2.28. The summed E-state index contributed by atoms with van der Waals surface area (Å²) >= 11 is 7.47. The van der Waals surface area contributed by atoms with Crippen LogP contribution in [0, 0.1) is 5.82 Å². The highest BCUT2D eigenvalue weighted by molar-refractivity contribution is 7.09. The number of benzene rings is 2. The molecule has 7 heteroatoms. The van der Waals surface area contributed by atoms with Crippen LogP contribution < -0.4 is 0 Å². The van der Waals surface area contributed by atoms with Crippen molar-refractivity contribution in [2.24, 2.45) is 0 Å². The lowest BCUT2D eigenvalue weighted by atomic mass is 9.95. The fraction of sp³-hybridized carbons (Fsp3) is 0.0909. The maximum Gasteiger partial charge on any atom is 0.295 e. The summed E-state index contributed by atoms with van der Waals surface area (Å²) in [6, 6.07) is 14.9. The number of ketones is 1. The van der Waals surface area contributed by atoms with Gasteiger partial charge >= 0.3 is 0 Å². The second-order valence-corrected chi connectivity index (χ2v) is 8.03. The number of hydrogen-bond donors (Lipinski definition) is 1. The van der Waals surface area contributed by atoms with Crippen LogP contribution in [0.3, 0.4) is 0 Å². The molecule has 1 aromatic heterocycles. The summed E-state index contributed by atoms with van der Waals surface area (Å²) in [7, 11) is 0. The summed E-state index contributed by atoms with van der Waals surface area (Å²) in [6.07, 6.45) is 0. The van der Waals surface area contributed by atoms with Crippen LogP contribution in [0.4, 0.5) is 4.39 Å². The summed E-state index contributed by atoms with van der Waals surface area (Å²) in [5, 5.41) is 13.3. The minimum Gasteiger partial charge on any atom is -0.507 e. The first kappa shape index (κ1) is 19.4. The Hall–Kier alpha value is -2.96. The number of likely N-dealkylation sites (tertiary alicyclic amines) is 1. The van der Waals surface area contributed by atoms with Gasteiger partial charge in [0.15, 0.2) is 0 Å². The Kier molecular flexibility index (Phi) is 5.22. The third kappa shape index (κ3) is 3.69. The zero-order chi connectivity index (χ0) is 20.5. The highest BCUT2D eigenvalue weighted by Crippen LogP contribution is 2.40. The van der Waals surface area contributed by atoms with Gasteiger partial charge in [-0.15, -0.1) is 11.3 Å². The monoisotopic (exact) mass is 427 g/mol. The zero-order valence-corrected chi connectivity index (χ0v) is 16.6. The number of rotatable bonds is 4. The predicted octanol–water partition coefficient (Wildman–Crippen LogP) is 5.16. The SMILES string of the molecule is O=C1C(=O)N(Cc2cccs2)C(c2ccc(Cl)cc2)/C1=C(/O)c1ccc(F)cc1. The van der Waals surface area contributed by atoms with E-state index in [0.29, 0.717) is 10.6 Å². The molecule has 1 unspecified atom stereocenters. The first-order valence-corrected chi connectivity index (χ1v) is 10.0. The molecule has 1 fully saturated rings. The molecule has 0 bridgehead atoms. The number of carbonyl (C=O) groups excluding carboxylic acids is 2. The number of nitrogens with zero attached hydrogens (tertiary/aromatic N) is 1. The standard InChI is InChI=1S/C22H15ClFNO3S/c23-15-7-3-13(4-8-15)19-18(20(26)14-5-9-16(24)10-6-14)21(27)22(28)25(19)12-17-2-1-11-29-17/h1-11,19,26H,12H2/b20-18-. The molecule has 0 radical (unpaired) electrons. The topological polar surface area (TPSA) is 57.6 Å². The third-order valence-corrected chi connectivity index (χ3v) is 5.86. The maximum atomic E-state index is 13.3. The smallest absolute Gasteiger partial charge is 0.295 e. The molecule has 4 nitrogen and oxygen atoms in total. The van der Waals surface area contributed by atoms with Crippen molar-refractivity contribution in [3.05, 3.63) is 98.5 Å². The number of Topliss-reactive ketones (excluding diaryl/α,β-unsaturated/α-hetero) is 1. The lowest BCUT2D eigenvalue weighted by molar-refractivity contribution is -0.140. The average Bonchev–Trinajstić information content (AvgIpc) is 3.31. The number of carbonyl (C=O) groups is 2. The van der Waals surface area contributed by atoms with Crippen LogP contribution in [0.15, 0.2) is 71.6 Å². The average molecular weight is 428 g/mol. The van der Waals surface area contributed by atoms with Gasteiger partial charge < -0.3 is 10.0 Å². The zero-order valence-electron chi connectivity index (χ0n) is 15.0. The van der Waals surface area contributed by atoms with E-state index < -0.39 is 23.5 Å². The summed E-state index contributed by atoms with van der Waals surface area (Å²) in [6.45, 7) is 0.232. The molecule has 0 aliphatic carbocycles. The van der Waals surface area contributed by atoms with E-state index in [1.807, 2.05) is 17.5 Å². The van der Waals surface area contributed by atoms with E-state index in [2.05, 4.69) is 0 Å². The Morgan fingerprint density at radius 2 is 1.76 bits per heavy atom. The molecule has 146 valence electrons. The van der Waals surface area contributed by atoms with Crippen molar-refractivity contribution in [1.82, 2.24) is 4.90 Å². The van der Waals surface area contributed by atoms with Crippen molar-refractivity contribution in [3.8, 4) is 0 Å². The van der Waals surface area contributed by atoms with E-state index in [0.717, 1.165) is 4.88 Å². The second-order valence-electron chi connectivity index (χ2n) is 6.56. The third-order valence-electron chi connectivity index (χ3n) is 4.75. The summed E-state index contributed by atoms with van der Waals surface area (Å²) in [4.78, 5) is 28.0. The number of aliphatic hydroxyl groups excluding tert-OH is 1. The molecule has 4 rings (SSSR count). The molecule has 1 saturated heterocycles.